The second-order valence-corrected chi connectivity index (χ2v) is 5.67. The van der Waals surface area contributed by atoms with Crippen molar-refractivity contribution in [2.24, 2.45) is 0 Å². The molecule has 0 aliphatic carbocycles. The van der Waals surface area contributed by atoms with Crippen molar-refractivity contribution in [2.75, 3.05) is 24.6 Å². The molecule has 0 radical (unpaired) electrons. The summed E-state index contributed by atoms with van der Waals surface area (Å²) in [6.45, 7) is 4.27. The van der Waals surface area contributed by atoms with E-state index >= 15 is 0 Å². The minimum absolute atomic E-state index is 0.101. The number of morpholine rings is 1. The molecule has 0 spiro atoms. The number of pyridine rings is 1. The van der Waals surface area contributed by atoms with E-state index in [0.717, 1.165) is 5.56 Å². The van der Waals surface area contributed by atoms with Gasteiger partial charge in [-0.15, -0.1) is 0 Å². The Balaban J connectivity index is 1.81. The Morgan fingerprint density at radius 3 is 2.92 bits per heavy atom. The largest absolute Gasteiger partial charge is 0.482 e. The van der Waals surface area contributed by atoms with Gasteiger partial charge in [-0.05, 0) is 12.5 Å². The predicted molar refractivity (Wildman–Crippen MR) is 89.3 cm³/mol. The van der Waals surface area contributed by atoms with Crippen molar-refractivity contribution in [1.29, 1.82) is 0 Å². The third-order valence-corrected chi connectivity index (χ3v) is 3.83. The lowest BCUT2D eigenvalue weighted by Gasteiger charge is -2.32. The van der Waals surface area contributed by atoms with E-state index in [-0.39, 0.29) is 24.1 Å². The summed E-state index contributed by atoms with van der Waals surface area (Å²) in [5, 5.41) is 11.2. The van der Waals surface area contributed by atoms with E-state index < -0.39 is 4.92 Å². The van der Waals surface area contributed by atoms with Crippen LogP contribution in [0.25, 0.3) is 0 Å². The lowest BCUT2D eigenvalue weighted by molar-refractivity contribution is -0.386. The van der Waals surface area contributed by atoms with Gasteiger partial charge >= 0.3 is 5.69 Å². The Morgan fingerprint density at radius 2 is 2.21 bits per heavy atom. The number of ether oxygens (including phenoxy) is 2. The smallest absolute Gasteiger partial charge is 0.329 e. The molecule has 1 aromatic heterocycles. The van der Waals surface area contributed by atoms with Crippen LogP contribution in [0.15, 0.2) is 42.6 Å². The van der Waals surface area contributed by atoms with Crippen LogP contribution in [0.5, 0.6) is 5.75 Å². The Morgan fingerprint density at radius 1 is 1.42 bits per heavy atom. The van der Waals surface area contributed by atoms with E-state index in [1.165, 1.54) is 6.20 Å². The molecule has 1 aromatic carbocycles. The molecule has 0 N–H and O–H groups in total. The van der Waals surface area contributed by atoms with Crippen molar-refractivity contribution < 1.29 is 14.4 Å². The van der Waals surface area contributed by atoms with Crippen LogP contribution in [0.4, 0.5) is 11.5 Å². The fourth-order valence-corrected chi connectivity index (χ4v) is 2.61. The first kappa shape index (κ1) is 16.2. The summed E-state index contributed by atoms with van der Waals surface area (Å²) in [7, 11) is 0. The van der Waals surface area contributed by atoms with Crippen LogP contribution in [0.3, 0.4) is 0 Å². The summed E-state index contributed by atoms with van der Waals surface area (Å²) < 4.78 is 11.2. The van der Waals surface area contributed by atoms with Crippen molar-refractivity contribution in [3.63, 3.8) is 0 Å². The van der Waals surface area contributed by atoms with Gasteiger partial charge < -0.3 is 14.4 Å². The molecule has 24 heavy (non-hydrogen) atoms. The van der Waals surface area contributed by atoms with Crippen LogP contribution in [0.2, 0.25) is 0 Å². The van der Waals surface area contributed by atoms with E-state index in [0.29, 0.717) is 25.5 Å². The molecule has 0 saturated carbocycles. The van der Waals surface area contributed by atoms with Crippen molar-refractivity contribution in [3.8, 4) is 5.75 Å². The Bertz CT molecular complexity index is 708. The summed E-state index contributed by atoms with van der Waals surface area (Å²) in [6, 6.07) is 11.2. The molecule has 0 amide bonds. The molecule has 2 aromatic rings. The van der Waals surface area contributed by atoms with Crippen LogP contribution < -0.4 is 9.64 Å². The quantitative estimate of drug-likeness (QED) is 0.620. The van der Waals surface area contributed by atoms with Crippen LogP contribution in [-0.4, -0.2) is 35.7 Å². The average molecular weight is 329 g/mol. The van der Waals surface area contributed by atoms with Crippen molar-refractivity contribution in [1.82, 2.24) is 4.98 Å². The second-order valence-electron chi connectivity index (χ2n) is 5.67. The highest BCUT2D eigenvalue weighted by Gasteiger charge is 2.22. The maximum atomic E-state index is 11.2. The summed E-state index contributed by atoms with van der Waals surface area (Å²) in [6.07, 6.45) is 1.36. The average Bonchev–Trinajstić information content (AvgIpc) is 2.60. The molecule has 2 heterocycles. The first-order valence-electron chi connectivity index (χ1n) is 7.81. The fourth-order valence-electron chi connectivity index (χ4n) is 2.61. The lowest BCUT2D eigenvalue weighted by atomic mass is 10.2. The summed E-state index contributed by atoms with van der Waals surface area (Å²) in [5.74, 6) is 0.895. The number of hydrogen-bond acceptors (Lipinski definition) is 6. The number of hydrogen-bond donors (Lipinski definition) is 0. The Labute approximate surface area is 140 Å². The van der Waals surface area contributed by atoms with Gasteiger partial charge in [-0.25, -0.2) is 4.98 Å². The molecule has 0 bridgehead atoms. The van der Waals surface area contributed by atoms with Gasteiger partial charge in [0.15, 0.2) is 0 Å². The highest BCUT2D eigenvalue weighted by atomic mass is 16.6. The number of rotatable bonds is 5. The maximum Gasteiger partial charge on any atom is 0.329 e. The van der Waals surface area contributed by atoms with Gasteiger partial charge in [0.2, 0.25) is 5.75 Å². The molecular formula is C17H19N3O4. The van der Waals surface area contributed by atoms with E-state index in [4.69, 9.17) is 9.47 Å². The van der Waals surface area contributed by atoms with Crippen molar-refractivity contribution >= 4 is 11.5 Å². The van der Waals surface area contributed by atoms with E-state index in [1.807, 2.05) is 42.2 Å². The zero-order chi connectivity index (χ0) is 16.9. The SMILES string of the molecule is C[C@H]1CN(c2cc(OCc3ccccc3)c([N+](=O)[O-])cn2)CCO1. The normalized spacial score (nSPS) is 17.5. The molecule has 1 aliphatic rings. The van der Waals surface area contributed by atoms with Crippen LogP contribution in [0.1, 0.15) is 12.5 Å². The van der Waals surface area contributed by atoms with Gasteiger partial charge in [-0.2, -0.15) is 0 Å². The summed E-state index contributed by atoms with van der Waals surface area (Å²) >= 11 is 0. The number of nitrogens with zero attached hydrogens (tertiary/aromatic N) is 3. The topological polar surface area (TPSA) is 77.7 Å². The van der Waals surface area contributed by atoms with Gasteiger partial charge in [0.1, 0.15) is 18.6 Å². The predicted octanol–water partition coefficient (Wildman–Crippen LogP) is 2.79. The minimum atomic E-state index is -0.473. The molecule has 1 saturated heterocycles. The Kier molecular flexibility index (Phi) is 4.90. The first-order chi connectivity index (χ1) is 11.6. The van der Waals surface area contributed by atoms with Crippen LogP contribution in [0, 0.1) is 10.1 Å². The standard InChI is InChI=1S/C17H19N3O4/c1-13-11-19(7-8-23-13)17-9-16(15(10-18-17)20(21)22)24-12-14-5-3-2-4-6-14/h2-6,9-10,13H,7-8,11-12H2,1H3/t13-/m0/s1. The molecule has 3 rings (SSSR count). The zero-order valence-electron chi connectivity index (χ0n) is 13.4. The Hall–Kier alpha value is -2.67. The van der Waals surface area contributed by atoms with Gasteiger partial charge in [-0.1, -0.05) is 30.3 Å². The molecule has 1 atom stereocenters. The van der Waals surface area contributed by atoms with Gasteiger partial charge in [0, 0.05) is 19.2 Å². The molecule has 7 nitrogen and oxygen atoms in total. The van der Waals surface area contributed by atoms with Crippen molar-refractivity contribution in [2.45, 2.75) is 19.6 Å². The van der Waals surface area contributed by atoms with Gasteiger partial charge in [-0.3, -0.25) is 10.1 Å². The summed E-state index contributed by atoms with van der Waals surface area (Å²) in [4.78, 5) is 17.0. The van der Waals surface area contributed by atoms with Gasteiger partial charge in [0.05, 0.1) is 17.6 Å². The number of nitro groups is 1. The highest BCUT2D eigenvalue weighted by molar-refractivity contribution is 5.54. The third-order valence-electron chi connectivity index (χ3n) is 3.83. The second kappa shape index (κ2) is 7.27. The first-order valence-corrected chi connectivity index (χ1v) is 7.81. The lowest BCUT2D eigenvalue weighted by Crippen LogP contribution is -2.41. The maximum absolute atomic E-state index is 11.2. The third kappa shape index (κ3) is 3.80. The zero-order valence-corrected chi connectivity index (χ0v) is 13.4. The molecule has 0 unspecified atom stereocenters. The number of benzene rings is 1. The minimum Gasteiger partial charge on any atom is -0.482 e. The van der Waals surface area contributed by atoms with E-state index in [2.05, 4.69) is 4.98 Å². The van der Waals surface area contributed by atoms with Crippen molar-refractivity contribution in [3.05, 3.63) is 58.3 Å². The van der Waals surface area contributed by atoms with Crippen LogP contribution in [-0.2, 0) is 11.3 Å². The van der Waals surface area contributed by atoms with Crippen LogP contribution >= 0.6 is 0 Å². The number of aromatic nitrogens is 1. The molecule has 126 valence electrons. The summed E-state index contributed by atoms with van der Waals surface area (Å²) in [5.41, 5.74) is 0.821. The van der Waals surface area contributed by atoms with E-state index in [1.54, 1.807) is 6.07 Å². The van der Waals surface area contributed by atoms with Gasteiger partial charge in [0.25, 0.3) is 0 Å². The molecular weight excluding hydrogens is 310 g/mol. The fraction of sp³-hybridized carbons (Fsp3) is 0.353. The molecule has 7 heteroatoms. The highest BCUT2D eigenvalue weighted by Crippen LogP contribution is 2.31. The molecule has 1 fully saturated rings. The molecule has 1 aliphatic heterocycles. The van der Waals surface area contributed by atoms with E-state index in [9.17, 15) is 10.1 Å². The monoisotopic (exact) mass is 329 g/mol. The number of anilines is 1.